The molecule has 0 aliphatic heterocycles. The van der Waals surface area contributed by atoms with Crippen LogP contribution in [0.25, 0.3) is 0 Å². The van der Waals surface area contributed by atoms with Crippen molar-refractivity contribution in [2.75, 3.05) is 11.2 Å². The molecule has 3 aromatic carbocycles. The van der Waals surface area contributed by atoms with Crippen molar-refractivity contribution in [3.63, 3.8) is 0 Å². The van der Waals surface area contributed by atoms with Gasteiger partial charge in [-0.3, -0.25) is 14.5 Å². The number of nitrogens with one attached hydrogen (secondary N) is 1. The van der Waals surface area contributed by atoms with E-state index in [2.05, 4.69) is 20.8 Å². The number of aromatic carboxylic acids is 1. The zero-order valence-corrected chi connectivity index (χ0v) is 19.4. The molecule has 0 saturated heterocycles. The lowest BCUT2D eigenvalue weighted by atomic mass is 10.2. The van der Waals surface area contributed by atoms with Crippen LogP contribution in [-0.2, 0) is 20.2 Å². The second kappa shape index (κ2) is 10.1. The van der Waals surface area contributed by atoms with Gasteiger partial charge in [-0.2, -0.15) is 21.9 Å². The average molecular weight is 535 g/mol. The van der Waals surface area contributed by atoms with E-state index in [1.165, 1.54) is 12.1 Å². The lowest BCUT2D eigenvalue weighted by Crippen LogP contribution is -2.08. The van der Waals surface area contributed by atoms with Crippen molar-refractivity contribution < 1.29 is 40.9 Å². The molecule has 0 atom stereocenters. The zero-order chi connectivity index (χ0) is 26.7. The number of carboxylic acids is 1. The topological polar surface area (TPSA) is 244 Å². The van der Waals surface area contributed by atoms with Crippen molar-refractivity contribution >= 4 is 49.1 Å². The first kappa shape index (κ1) is 26.2. The molecule has 188 valence electrons. The van der Waals surface area contributed by atoms with Gasteiger partial charge in [0.05, 0.1) is 21.0 Å². The number of hydrazone groups is 1. The number of hydrogen-bond acceptors (Lipinski definition) is 10. The normalized spacial score (nSPS) is 12.6. The molecule has 0 amide bonds. The fourth-order valence-corrected chi connectivity index (χ4v) is 3.78. The van der Waals surface area contributed by atoms with E-state index < -0.39 is 64.4 Å². The minimum Gasteiger partial charge on any atom is -0.870 e. The van der Waals surface area contributed by atoms with Crippen LogP contribution in [0.4, 0.5) is 17.1 Å². The molecule has 3 aromatic rings. The Hall–Kier alpha value is -4.38. The van der Waals surface area contributed by atoms with Crippen molar-refractivity contribution in [1.82, 2.24) is 0 Å². The van der Waals surface area contributed by atoms with Gasteiger partial charge in [-0.1, -0.05) is 36.1 Å². The Balaban J connectivity index is 2.11. The summed E-state index contributed by atoms with van der Waals surface area (Å²) in [4.78, 5) is 10.2. The Bertz CT molecular complexity index is 1600. The highest BCUT2D eigenvalue weighted by atomic mass is 32.2. The highest BCUT2D eigenvalue weighted by molar-refractivity contribution is 7.86. The molecule has 0 fully saturated rings. The summed E-state index contributed by atoms with van der Waals surface area (Å²) >= 11 is 0. The van der Waals surface area contributed by atoms with E-state index in [1.54, 1.807) is 18.2 Å². The summed E-state index contributed by atoms with van der Waals surface area (Å²) in [5.74, 6) is -2.56. The summed E-state index contributed by atoms with van der Waals surface area (Å²) in [5.41, 5.74) is 6.28. The first-order chi connectivity index (χ1) is 16.8. The number of benzene rings is 3. The van der Waals surface area contributed by atoms with E-state index in [4.69, 9.17) is 5.73 Å². The Morgan fingerprint density at radius 2 is 1.56 bits per heavy atom. The first-order valence-electron chi connectivity index (χ1n) is 9.51. The number of carbonyl (C=O) groups is 1. The molecule has 0 spiro atoms. The molecule has 6 N–H and O–H groups in total. The van der Waals surface area contributed by atoms with E-state index in [-0.39, 0.29) is 5.84 Å². The largest absolute Gasteiger partial charge is 0.870 e. The van der Waals surface area contributed by atoms with E-state index in [0.717, 1.165) is 30.3 Å². The Morgan fingerprint density at radius 3 is 2.14 bits per heavy atom. The zero-order valence-electron chi connectivity index (χ0n) is 17.8. The van der Waals surface area contributed by atoms with Crippen molar-refractivity contribution in [3.05, 3.63) is 71.8 Å². The van der Waals surface area contributed by atoms with Crippen LogP contribution in [0.1, 0.15) is 15.9 Å². The van der Waals surface area contributed by atoms with Crippen LogP contribution >= 0.6 is 0 Å². The molecule has 16 heteroatoms. The summed E-state index contributed by atoms with van der Waals surface area (Å²) in [7, 11) is -9.39. The maximum atomic E-state index is 12.3. The minimum absolute atomic E-state index is 0.251. The fraction of sp³-hybridized carbons (Fsp3) is 0. The predicted molar refractivity (Wildman–Crippen MR) is 124 cm³/mol. The third-order valence-corrected chi connectivity index (χ3v) is 6.13. The van der Waals surface area contributed by atoms with Crippen molar-refractivity contribution in [2.45, 2.75) is 9.79 Å². The molecule has 0 saturated carbocycles. The lowest BCUT2D eigenvalue weighted by Gasteiger charge is -2.17. The van der Waals surface area contributed by atoms with Crippen LogP contribution in [0.15, 0.2) is 85.8 Å². The minimum atomic E-state index is -4.71. The molecule has 36 heavy (non-hydrogen) atoms. The van der Waals surface area contributed by atoms with Crippen LogP contribution in [0, 0.1) is 0 Å². The summed E-state index contributed by atoms with van der Waals surface area (Å²) < 4.78 is 64.3. The first-order valence-corrected chi connectivity index (χ1v) is 12.4. The number of rotatable bonds is 7. The number of anilines is 2. The third kappa shape index (κ3) is 6.19. The molecule has 14 nitrogen and oxygen atoms in total. The van der Waals surface area contributed by atoms with Crippen molar-refractivity contribution in [1.29, 1.82) is 0 Å². The third-order valence-electron chi connectivity index (χ3n) is 4.45. The molecule has 0 aliphatic carbocycles. The lowest BCUT2D eigenvalue weighted by molar-refractivity contribution is -0.265. The van der Waals surface area contributed by atoms with Gasteiger partial charge >= 0.3 is 5.97 Å². The fourth-order valence-electron chi connectivity index (χ4n) is 2.74. The van der Waals surface area contributed by atoms with Crippen LogP contribution in [0.5, 0.6) is 5.75 Å². The molecule has 0 aromatic heterocycles. The van der Waals surface area contributed by atoms with Gasteiger partial charge in [0.15, 0.2) is 0 Å². The smallest absolute Gasteiger partial charge is 0.337 e. The van der Waals surface area contributed by atoms with Crippen LogP contribution in [0.2, 0.25) is 0 Å². The average Bonchev–Trinajstić information content (AvgIpc) is 2.80. The van der Waals surface area contributed by atoms with Crippen molar-refractivity contribution in [3.8, 4) is 5.75 Å². The van der Waals surface area contributed by atoms with Gasteiger partial charge in [0, 0.05) is 11.3 Å². The van der Waals surface area contributed by atoms with Gasteiger partial charge in [-0.05, 0) is 30.3 Å². The van der Waals surface area contributed by atoms with Crippen LogP contribution < -0.4 is 16.3 Å². The quantitative estimate of drug-likeness (QED) is 0.0733. The number of azo groups is 1. The molecule has 0 radical (unpaired) electrons. The van der Waals surface area contributed by atoms with Gasteiger partial charge < -0.3 is 15.9 Å². The van der Waals surface area contributed by atoms with Gasteiger partial charge in [0.2, 0.25) is 5.84 Å². The van der Waals surface area contributed by atoms with Gasteiger partial charge in [0.25, 0.3) is 20.2 Å². The number of nitrogens with two attached hydrogens (primary N) is 1. The van der Waals surface area contributed by atoms with Gasteiger partial charge in [-0.15, -0.1) is 10.2 Å². The predicted octanol–water partition coefficient (Wildman–Crippen LogP) is 2.09. The highest BCUT2D eigenvalue weighted by Crippen LogP contribution is 2.31. The summed E-state index contributed by atoms with van der Waals surface area (Å²) in [6.45, 7) is 0. The molecule has 0 bridgehead atoms. The number of carboxylic acid groups (broad SMARTS) is 1. The maximum absolute atomic E-state index is 12.3. The maximum Gasteiger partial charge on any atom is 0.337 e. The molecule has 0 heterocycles. The Morgan fingerprint density at radius 1 is 0.917 bits per heavy atom. The van der Waals surface area contributed by atoms with Gasteiger partial charge in [-0.25, -0.2) is 4.79 Å². The van der Waals surface area contributed by atoms with Crippen LogP contribution in [-0.4, -0.2) is 42.9 Å². The molecule has 3 rings (SSSR count). The van der Waals surface area contributed by atoms with Crippen molar-refractivity contribution in [2.24, 2.45) is 15.3 Å². The summed E-state index contributed by atoms with van der Waals surface area (Å²) in [6.07, 6.45) is 0. The van der Waals surface area contributed by atoms with Gasteiger partial charge in [0.1, 0.15) is 5.69 Å². The number of nitrogen functional groups attached to an aromatic ring is 1. The number of amidine groups is 1. The second-order valence-corrected chi connectivity index (χ2v) is 9.78. The number of hydrogen-bond donors (Lipinski definition) is 5. The van der Waals surface area contributed by atoms with E-state index in [9.17, 15) is 40.9 Å². The Labute approximate surface area is 203 Å². The Kier molecular flexibility index (Phi) is 7.35. The standard InChI is InChI=1S/C20H17N5O9S2/c21-15-8-13(36(32,33)34)10-17(18(15)26)23-25-19(11-4-2-1-3-5-11)24-22-16-9-12(35(29,30)31)6-7-14(16)20(27)28/h1-10,23,26H,21H2,(H,27,28)(H,29,30,31)(H,32,33,34)/p-1/b24-22?,25-19-. The second-order valence-electron chi connectivity index (χ2n) is 6.94. The number of nitrogens with zero attached hydrogens (tertiary/aromatic N) is 3. The van der Waals surface area contributed by atoms with E-state index in [0.29, 0.717) is 5.56 Å². The van der Waals surface area contributed by atoms with E-state index in [1.807, 2.05) is 0 Å². The molecule has 0 aliphatic rings. The highest BCUT2D eigenvalue weighted by Gasteiger charge is 2.17. The molecular weight excluding hydrogens is 518 g/mol. The van der Waals surface area contributed by atoms with E-state index >= 15 is 0 Å². The summed E-state index contributed by atoms with van der Waals surface area (Å²) in [6, 6.07) is 12.0. The molecule has 0 unspecified atom stereocenters. The monoisotopic (exact) mass is 534 g/mol. The molecular formula is C20H16N5O9S2-. The van der Waals surface area contributed by atoms with Crippen LogP contribution in [0.3, 0.4) is 0 Å². The summed E-state index contributed by atoms with van der Waals surface area (Å²) in [5, 5.41) is 33.2. The SMILES string of the molecule is Nc1cc(S(=O)(=O)O)cc(N/N=C(\N=Nc2cc(S(=O)(=O)O)ccc2C(=O)O)c2ccccc2)c1[O-].